The molecule has 5 rings (SSSR count). The predicted molar refractivity (Wildman–Crippen MR) is 152 cm³/mol. The normalized spacial score (nSPS) is 22.6. The van der Waals surface area contributed by atoms with Crippen LogP contribution in [-0.2, 0) is 15.0 Å². The molecule has 2 aliphatic heterocycles. The van der Waals surface area contributed by atoms with Crippen molar-refractivity contribution in [1.29, 1.82) is 0 Å². The molecule has 1 aliphatic carbocycles. The van der Waals surface area contributed by atoms with E-state index in [0.717, 1.165) is 11.8 Å². The average molecular weight is 540 g/mol. The Morgan fingerprint density at radius 2 is 1.80 bits per heavy atom. The van der Waals surface area contributed by atoms with Crippen molar-refractivity contribution in [3.8, 4) is 5.75 Å². The molecule has 0 radical (unpaired) electrons. The lowest BCUT2D eigenvalue weighted by Gasteiger charge is -2.26. The lowest BCUT2D eigenvalue weighted by molar-refractivity contribution is -0.132. The summed E-state index contributed by atoms with van der Waals surface area (Å²) in [5.74, 6) is -2.59. The molecular formula is C30H29N5O5. The molecule has 2 heterocycles. The third kappa shape index (κ3) is 4.84. The van der Waals surface area contributed by atoms with Crippen molar-refractivity contribution in [3.05, 3.63) is 83.2 Å². The van der Waals surface area contributed by atoms with Crippen LogP contribution in [-0.4, -0.2) is 51.2 Å². The Kier molecular flexibility index (Phi) is 6.70. The second-order valence-electron chi connectivity index (χ2n) is 10.9. The number of carboxylic acids is 1. The number of aliphatic carboxylic acids is 1. The Bertz CT molecular complexity index is 1570. The minimum atomic E-state index is -1.25. The lowest BCUT2D eigenvalue weighted by Crippen LogP contribution is -2.29. The molecule has 0 spiro atoms. The number of fused-ring (bicyclic) bond motifs is 1. The second kappa shape index (κ2) is 10.0. The molecular weight excluding hydrogens is 510 g/mol. The van der Waals surface area contributed by atoms with Crippen LogP contribution in [0, 0.1) is 5.92 Å². The molecule has 204 valence electrons. The lowest BCUT2D eigenvalue weighted by atomic mass is 9.85. The fourth-order valence-corrected chi connectivity index (χ4v) is 4.75. The van der Waals surface area contributed by atoms with Crippen molar-refractivity contribution in [2.75, 3.05) is 5.01 Å². The standard InChI is InChI=1S/C30H29N5O5/c1-16-25(28(38)35(34-16)19-11-9-18(10-12-19)30(2,3)4)33-32-23-7-5-6-20(27(23)37)17-8-13-21-24(14-17)31-15-22(26(21)36)29(39)40/h5-15,21,24-25,36-37H,1-4H3,(H,39,40). The first kappa shape index (κ1) is 26.7. The number of phenols is 1. The summed E-state index contributed by atoms with van der Waals surface area (Å²) in [4.78, 5) is 28.7. The molecule has 3 aliphatic rings. The number of anilines is 1. The number of rotatable bonds is 5. The minimum Gasteiger partial charge on any atom is -0.511 e. The van der Waals surface area contributed by atoms with Gasteiger partial charge in [0.25, 0.3) is 5.91 Å². The number of hydrogen-bond donors (Lipinski definition) is 3. The molecule has 0 saturated heterocycles. The monoisotopic (exact) mass is 539 g/mol. The number of nitrogens with zero attached hydrogens (tertiary/aromatic N) is 5. The van der Waals surface area contributed by atoms with Crippen molar-refractivity contribution >= 4 is 40.8 Å². The van der Waals surface area contributed by atoms with Gasteiger partial charge >= 0.3 is 5.97 Å². The van der Waals surface area contributed by atoms with E-state index in [1.807, 2.05) is 24.3 Å². The van der Waals surface area contributed by atoms with Gasteiger partial charge in [-0.1, -0.05) is 63.3 Å². The molecule has 3 atom stereocenters. The zero-order chi connectivity index (χ0) is 28.8. The van der Waals surface area contributed by atoms with Gasteiger partial charge in [-0.3, -0.25) is 9.79 Å². The molecule has 2 aromatic carbocycles. The summed E-state index contributed by atoms with van der Waals surface area (Å²) in [6.07, 6.45) is 6.23. The number of aliphatic hydroxyl groups excluding tert-OH is 1. The number of carbonyl (C=O) groups is 2. The molecule has 0 bridgehead atoms. The van der Waals surface area contributed by atoms with Gasteiger partial charge in [-0.15, -0.1) is 0 Å². The van der Waals surface area contributed by atoms with Crippen molar-refractivity contribution in [2.45, 2.75) is 45.2 Å². The molecule has 3 N–H and O–H groups in total. The third-order valence-corrected chi connectivity index (χ3v) is 7.08. The highest BCUT2D eigenvalue weighted by Gasteiger charge is 2.35. The Balaban J connectivity index is 1.35. The van der Waals surface area contributed by atoms with Crippen LogP contribution in [0.25, 0.3) is 5.57 Å². The number of aliphatic imine (C=N–C) groups is 1. The molecule has 2 aromatic rings. The van der Waals surface area contributed by atoms with Crippen LogP contribution >= 0.6 is 0 Å². The Labute approximate surface area is 231 Å². The summed E-state index contributed by atoms with van der Waals surface area (Å²) in [6, 6.07) is 11.2. The highest BCUT2D eigenvalue weighted by atomic mass is 16.4. The average Bonchev–Trinajstić information content (AvgIpc) is 3.20. The van der Waals surface area contributed by atoms with E-state index in [0.29, 0.717) is 22.5 Å². The first-order valence-electron chi connectivity index (χ1n) is 12.8. The van der Waals surface area contributed by atoms with E-state index < -0.39 is 24.0 Å². The number of hydrazone groups is 1. The van der Waals surface area contributed by atoms with Crippen molar-refractivity contribution in [1.82, 2.24) is 0 Å². The number of benzene rings is 2. The molecule has 40 heavy (non-hydrogen) atoms. The Hall–Kier alpha value is -4.86. The fraction of sp³-hybridized carbons (Fsp3) is 0.267. The van der Waals surface area contributed by atoms with Crippen LogP contribution in [0.2, 0.25) is 0 Å². The first-order valence-corrected chi connectivity index (χ1v) is 12.8. The molecule has 0 aromatic heterocycles. The largest absolute Gasteiger partial charge is 0.511 e. The predicted octanol–water partition coefficient (Wildman–Crippen LogP) is 5.48. The van der Waals surface area contributed by atoms with Gasteiger partial charge in [-0.25, -0.2) is 4.79 Å². The van der Waals surface area contributed by atoms with Gasteiger partial charge < -0.3 is 15.3 Å². The van der Waals surface area contributed by atoms with Crippen molar-refractivity contribution < 1.29 is 24.9 Å². The zero-order valence-electron chi connectivity index (χ0n) is 22.5. The third-order valence-electron chi connectivity index (χ3n) is 7.08. The number of hydrogen-bond acceptors (Lipinski definition) is 8. The number of aliphatic hydroxyl groups is 1. The number of allylic oxidation sites excluding steroid dienone is 2. The van der Waals surface area contributed by atoms with E-state index in [2.05, 4.69) is 41.1 Å². The number of phenolic OH excluding ortho intramolecular Hbond substituents is 1. The van der Waals surface area contributed by atoms with Crippen LogP contribution in [0.1, 0.15) is 38.8 Å². The number of azo groups is 1. The highest BCUT2D eigenvalue weighted by Crippen LogP contribution is 2.39. The maximum absolute atomic E-state index is 13.1. The van der Waals surface area contributed by atoms with Crippen LogP contribution in [0.15, 0.2) is 92.3 Å². The maximum atomic E-state index is 13.1. The van der Waals surface area contributed by atoms with E-state index in [1.54, 1.807) is 43.4 Å². The SMILES string of the molecule is CC1=NN(c2ccc(C(C)(C)C)cc2)C(=O)C1N=Nc1cccc(C2=CC3N=CC(C(=O)O)=C(O)C3C=C2)c1O. The van der Waals surface area contributed by atoms with E-state index >= 15 is 0 Å². The molecule has 1 amide bonds. The van der Waals surface area contributed by atoms with E-state index in [-0.39, 0.29) is 34.1 Å². The number of dihydropyridines is 1. The smallest absolute Gasteiger partial charge is 0.340 e. The van der Waals surface area contributed by atoms with Crippen LogP contribution in [0.3, 0.4) is 0 Å². The molecule has 3 unspecified atom stereocenters. The maximum Gasteiger partial charge on any atom is 0.340 e. The molecule has 10 nitrogen and oxygen atoms in total. The number of carboxylic acid groups (broad SMARTS) is 1. The van der Waals surface area contributed by atoms with Gasteiger partial charge in [-0.05, 0) is 41.7 Å². The van der Waals surface area contributed by atoms with Crippen molar-refractivity contribution in [2.24, 2.45) is 26.2 Å². The van der Waals surface area contributed by atoms with E-state index in [1.165, 1.54) is 5.01 Å². The van der Waals surface area contributed by atoms with Crippen LogP contribution in [0.4, 0.5) is 11.4 Å². The summed E-state index contributed by atoms with van der Waals surface area (Å²) < 4.78 is 0. The molecule has 0 saturated carbocycles. The van der Waals surface area contributed by atoms with Crippen LogP contribution in [0.5, 0.6) is 5.75 Å². The van der Waals surface area contributed by atoms with E-state index in [4.69, 9.17) is 0 Å². The quantitative estimate of drug-likeness (QED) is 0.430. The zero-order valence-corrected chi connectivity index (χ0v) is 22.5. The number of aromatic hydroxyl groups is 1. The van der Waals surface area contributed by atoms with Gasteiger partial charge in [0.15, 0.2) is 11.8 Å². The number of carbonyl (C=O) groups excluding carboxylic acids is 1. The van der Waals surface area contributed by atoms with Gasteiger partial charge in [0.2, 0.25) is 0 Å². The van der Waals surface area contributed by atoms with E-state index in [9.17, 15) is 24.9 Å². The molecule has 10 heteroatoms. The summed E-state index contributed by atoms with van der Waals surface area (Å²) in [5, 5.41) is 44.7. The summed E-state index contributed by atoms with van der Waals surface area (Å²) in [5.41, 5.74) is 3.25. The van der Waals surface area contributed by atoms with Gasteiger partial charge in [0.05, 0.1) is 23.4 Å². The summed E-state index contributed by atoms with van der Waals surface area (Å²) in [6.45, 7) is 8.06. The summed E-state index contributed by atoms with van der Waals surface area (Å²) >= 11 is 0. The number of para-hydroxylation sites is 1. The van der Waals surface area contributed by atoms with Crippen molar-refractivity contribution in [3.63, 3.8) is 0 Å². The Morgan fingerprint density at radius 3 is 2.48 bits per heavy atom. The van der Waals surface area contributed by atoms with Crippen LogP contribution < -0.4 is 5.01 Å². The fourth-order valence-electron chi connectivity index (χ4n) is 4.75. The topological polar surface area (TPSA) is 148 Å². The van der Waals surface area contributed by atoms with Gasteiger partial charge in [-0.2, -0.15) is 20.3 Å². The Morgan fingerprint density at radius 1 is 1.07 bits per heavy atom. The number of amides is 1. The summed E-state index contributed by atoms with van der Waals surface area (Å²) in [7, 11) is 0. The van der Waals surface area contributed by atoms with Gasteiger partial charge in [0, 0.05) is 11.8 Å². The second-order valence-corrected chi connectivity index (χ2v) is 10.9. The highest BCUT2D eigenvalue weighted by molar-refractivity contribution is 6.18. The molecule has 0 fully saturated rings. The first-order chi connectivity index (χ1) is 19.0. The van der Waals surface area contributed by atoms with Gasteiger partial charge in [0.1, 0.15) is 17.0 Å². The minimum absolute atomic E-state index is 0.0164.